The SMILES string of the molecule is NOC(=O)CC[C@H](NC(=O)[C@H](CCC(=O)N(N)C[C@H](O)[C@@H](O)[C@H](N=O)[C@H](O)CN=O)NC(=O)CCCNC(=O)c1ccc(N(N)Cc2cnc3nc(N)[nH]c(=O)c3n2)cc1)C(=O)N[C@@H](CCC(=O)NC[C@H](O)[C@@H](O)[C@H](O)[C@H](O)CO)C(=O)N[C@@H](CCC(=O)O)C(=O)N[C@@H](CCC(=O)NC[C@H](O)[C@@H](O)[C@H](O)[C@H](O)CO)C(=O)N(N)CCSSCCOC(=O)OCCNc1cc2c(Nc3cccc(Br)c3)ncnc2cn1. The molecule has 4 aromatic heterocycles. The van der Waals surface area contributed by atoms with E-state index in [1.54, 1.807) is 6.07 Å². The molecule has 2 aromatic carbocycles. The van der Waals surface area contributed by atoms with E-state index in [2.05, 4.69) is 119 Å². The van der Waals surface area contributed by atoms with Crippen molar-refractivity contribution in [3.8, 4) is 0 Å². The summed E-state index contributed by atoms with van der Waals surface area (Å²) in [7, 11) is 2.23. The fourth-order valence-electron chi connectivity index (χ4n) is 13.0. The molecule has 0 aliphatic heterocycles. The number of hydrazine groups is 3. The number of nitrogens with one attached hydrogen (secondary N) is 11. The molecule has 0 radical (unpaired) electrons. The van der Waals surface area contributed by atoms with Crippen molar-refractivity contribution < 1.29 is 148 Å². The van der Waals surface area contributed by atoms with Crippen LogP contribution in [0, 0.1) is 9.81 Å². The Morgan fingerprint density at radius 1 is 0.569 bits per heavy atom. The highest BCUT2D eigenvalue weighted by Gasteiger charge is 2.39. The first-order valence-electron chi connectivity index (χ1n) is 43.9. The van der Waals surface area contributed by atoms with E-state index in [0.717, 1.165) is 31.7 Å². The third-order valence-electron chi connectivity index (χ3n) is 21.0. The van der Waals surface area contributed by atoms with Gasteiger partial charge in [-0.1, -0.05) is 53.9 Å². The maximum Gasteiger partial charge on any atom is 0.508 e. The van der Waals surface area contributed by atoms with Crippen molar-refractivity contribution in [1.29, 1.82) is 0 Å². The number of nitrogen functional groups attached to an aromatic ring is 1. The lowest BCUT2D eigenvalue weighted by molar-refractivity contribution is -0.145. The van der Waals surface area contributed by atoms with Gasteiger partial charge in [0.1, 0.15) is 129 Å². The molecule has 0 aliphatic carbocycles. The Kier molecular flexibility index (Phi) is 51.4. The van der Waals surface area contributed by atoms with Crippen LogP contribution in [-0.2, 0) is 73.6 Å². The number of nitrogens with two attached hydrogens (primary N) is 5. The number of nitroso groups, excluding NO2 is 2. The molecule has 10 amide bonds. The van der Waals surface area contributed by atoms with Crippen molar-refractivity contribution in [2.75, 3.05) is 105 Å². The van der Waals surface area contributed by atoms with Crippen LogP contribution in [0.5, 0.6) is 0 Å². The number of aliphatic hydroxyl groups excluding tert-OH is 13. The molecule has 0 bridgehead atoms. The largest absolute Gasteiger partial charge is 0.508 e. The smallest absolute Gasteiger partial charge is 0.481 e. The van der Waals surface area contributed by atoms with E-state index in [9.17, 15) is 148 Å². The molecule has 6 aromatic rings. The van der Waals surface area contributed by atoms with E-state index in [-0.39, 0.29) is 90.7 Å². The number of anilines is 5. The highest BCUT2D eigenvalue weighted by atomic mass is 79.9. The van der Waals surface area contributed by atoms with Crippen LogP contribution >= 0.6 is 37.5 Å². The Morgan fingerprint density at radius 2 is 1.13 bits per heavy atom. The van der Waals surface area contributed by atoms with Gasteiger partial charge < -0.3 is 150 Å². The molecule has 792 valence electrons. The molecule has 0 spiro atoms. The van der Waals surface area contributed by atoms with Crippen molar-refractivity contribution in [2.45, 2.75) is 187 Å². The van der Waals surface area contributed by atoms with E-state index in [4.69, 9.17) is 38.6 Å². The minimum absolute atomic E-state index is 0.00487. The molecule has 0 saturated heterocycles. The number of benzene rings is 2. The molecule has 0 saturated carbocycles. The number of fused-ring (bicyclic) bond motifs is 2. The maximum absolute atomic E-state index is 15.0. The van der Waals surface area contributed by atoms with E-state index < -0.39 is 296 Å². The molecule has 60 nitrogen and oxygen atoms in total. The number of H-pyrrole nitrogens is 1. The van der Waals surface area contributed by atoms with Crippen LogP contribution in [0.15, 0.2) is 92.9 Å². The average molecular weight is 2140 g/mol. The minimum Gasteiger partial charge on any atom is -0.481 e. The molecular formula is C81H116BrN27O33S2. The van der Waals surface area contributed by atoms with E-state index in [0.29, 0.717) is 33.2 Å². The predicted octanol–water partition coefficient (Wildman–Crippen LogP) is -9.50. The highest BCUT2D eigenvalue weighted by Crippen LogP contribution is 2.28. The lowest BCUT2D eigenvalue weighted by atomic mass is 10.0. The number of nitrogens with zero attached hydrogens (tertiary/aromatic N) is 11. The lowest BCUT2D eigenvalue weighted by Gasteiger charge is -2.28. The number of carboxylic acids is 1. The fraction of sp³-hybridized carbons (Fsp3) is 0.531. The van der Waals surface area contributed by atoms with Crippen molar-refractivity contribution in [3.63, 3.8) is 0 Å². The summed E-state index contributed by atoms with van der Waals surface area (Å²) in [6.07, 6.45) is -29.7. The van der Waals surface area contributed by atoms with Crippen LogP contribution in [-0.4, -0.2) is 381 Å². The van der Waals surface area contributed by atoms with Crippen molar-refractivity contribution in [1.82, 2.24) is 87.4 Å². The maximum atomic E-state index is 15.0. The first kappa shape index (κ1) is 120. The van der Waals surface area contributed by atoms with Gasteiger partial charge in [0.15, 0.2) is 11.2 Å². The molecule has 4 heterocycles. The second-order valence-electron chi connectivity index (χ2n) is 31.7. The van der Waals surface area contributed by atoms with Crippen LogP contribution in [0.4, 0.5) is 33.8 Å². The van der Waals surface area contributed by atoms with E-state index in [1.807, 2.05) is 24.3 Å². The fourth-order valence-corrected chi connectivity index (χ4v) is 15.2. The number of hydrogen-bond donors (Lipinski definition) is 30. The first-order chi connectivity index (χ1) is 68.5. The third-order valence-corrected chi connectivity index (χ3v) is 23.8. The molecule has 0 aliphatic rings. The number of rotatable bonds is 66. The van der Waals surface area contributed by atoms with Crippen LogP contribution in [0.1, 0.15) is 93.1 Å². The summed E-state index contributed by atoms with van der Waals surface area (Å²) in [4.78, 5) is 246. The predicted molar refractivity (Wildman–Crippen MR) is 508 cm³/mol. The number of pyridine rings is 1. The van der Waals surface area contributed by atoms with Gasteiger partial charge in [-0.15, -0.1) is 0 Å². The quantitative estimate of drug-likeness (QED) is 0.00321. The number of hydrogen-bond acceptors (Lipinski definition) is 50. The van der Waals surface area contributed by atoms with Gasteiger partial charge >= 0.3 is 18.1 Å². The summed E-state index contributed by atoms with van der Waals surface area (Å²) in [5.74, 6) is 9.44. The molecule has 63 heteroatoms. The summed E-state index contributed by atoms with van der Waals surface area (Å²) >= 11 is 3.44. The number of aliphatic carboxylic acids is 1. The van der Waals surface area contributed by atoms with Crippen molar-refractivity contribution >= 4 is 166 Å². The van der Waals surface area contributed by atoms with Gasteiger partial charge in [0.05, 0.1) is 74.3 Å². The molecule has 35 N–H and O–H groups in total. The molecule has 17 atom stereocenters. The zero-order valence-corrected chi connectivity index (χ0v) is 79.9. The number of carbonyl (C=O) groups is 13. The van der Waals surface area contributed by atoms with Gasteiger partial charge in [0, 0.05) is 97.3 Å². The summed E-state index contributed by atoms with van der Waals surface area (Å²) in [5.41, 5.74) is 6.80. The molecule has 0 fully saturated rings. The van der Waals surface area contributed by atoms with Gasteiger partial charge in [-0.25, -0.2) is 47.2 Å². The Labute approximate surface area is 832 Å². The standard InChI is InChI=1S/C81H116BrN27O33S2/c82-40-3-1-4-41(27-40)98-71-44-28-57(90-30-50(44)94-38-95-71)88-21-23-140-81(137)141-24-26-144-143-25-22-107(84)79(136)49(11-16-59(119)92-32-53(114)68(127)70(129)56(117)37-111)103-77(134)47(13-18-62(122)123)101-75(132)46(10-15-58(118)91-31-52(113)67(126)69(128)55(116)36-110)100-76(133)48(14-19-63(124)142-87)102-74(131)45(12-17-61(121)109(86)35-54(115)66(125)64(106-139)51(112)33-96-138)99-60(120)5-2-20-89-73(130)39-6-8-43(9-7-39)108(85)34-42-29-93-72-65(97-42)78(135)105-80(83)104-72/h1,3-4,6-9,27-30,38,45-49,51-56,64,66-70,110-117,125-129H,2,5,10-26,31-37,84-87H2,(H,88,90)(H,89,130)(H,91,118)(H,92,119)(H,99,120)(H,100,133)(H,101,132)(H,102,131)(H,103,134)(H,122,123)(H,94,95,98)(H3,83,93,104,105,135)/t45-,46-,47-,48-,49-,51+,52-,53-,54-,55+,56+,64+,66+,67+,68+,69+,70+/m0/s1. The van der Waals surface area contributed by atoms with E-state index >= 15 is 0 Å². The zero-order chi connectivity index (χ0) is 106. The monoisotopic (exact) mass is 2140 g/mol. The molecular weight excluding hydrogens is 2020 g/mol. The Bertz CT molecular complexity index is 5340. The Balaban J connectivity index is 1.21. The van der Waals surface area contributed by atoms with Gasteiger partial charge in [-0.05, 0) is 87.1 Å². The zero-order valence-electron chi connectivity index (χ0n) is 76.6. The van der Waals surface area contributed by atoms with Gasteiger partial charge in [-0.3, -0.25) is 77.3 Å². The summed E-state index contributed by atoms with van der Waals surface area (Å²) < 4.78 is 11.2. The number of carbonyl (C=O) groups excluding carboxylic acids is 12. The third kappa shape index (κ3) is 40.3. The highest BCUT2D eigenvalue weighted by molar-refractivity contribution is 9.10. The van der Waals surface area contributed by atoms with Crippen LogP contribution in [0.2, 0.25) is 0 Å². The van der Waals surface area contributed by atoms with Crippen LogP contribution < -0.4 is 92.9 Å². The minimum atomic E-state index is -2.30. The topological polar surface area (TPSA) is 962 Å². The lowest BCUT2D eigenvalue weighted by Crippen LogP contribution is -2.60. The van der Waals surface area contributed by atoms with Gasteiger partial charge in [-0.2, -0.15) is 20.7 Å². The van der Waals surface area contributed by atoms with Crippen molar-refractivity contribution in [2.24, 2.45) is 33.8 Å². The Hall–Kier alpha value is -13.0. The first-order valence-corrected chi connectivity index (χ1v) is 47.2. The second kappa shape index (κ2) is 61.8. The summed E-state index contributed by atoms with van der Waals surface area (Å²) in [5, 5.41) is 174. The van der Waals surface area contributed by atoms with Crippen molar-refractivity contribution in [3.05, 3.63) is 109 Å². The number of ether oxygens (including phenoxy) is 2. The summed E-state index contributed by atoms with van der Waals surface area (Å²) in [6, 6.07) is 2.25. The number of aromatic nitrogens is 7. The molecule has 6 rings (SSSR count). The average Bonchev–Trinajstić information content (AvgIpc) is 0.809. The van der Waals surface area contributed by atoms with Gasteiger partial charge in [0.25, 0.3) is 17.4 Å². The number of amides is 10. The number of carboxylic acid groups (broad SMARTS) is 1. The molecule has 144 heavy (non-hydrogen) atoms. The van der Waals surface area contributed by atoms with Crippen LogP contribution in [0.25, 0.3) is 22.1 Å². The second-order valence-corrected chi connectivity index (χ2v) is 35.4. The summed E-state index contributed by atoms with van der Waals surface area (Å²) in [6.45, 7) is -6.92. The Morgan fingerprint density at radius 3 is 1.72 bits per heavy atom. The number of aromatic amines is 1. The van der Waals surface area contributed by atoms with Crippen LogP contribution in [0.3, 0.4) is 0 Å². The normalized spacial score (nSPS) is 14.8. The number of halogens is 1. The van der Waals surface area contributed by atoms with E-state index in [1.165, 1.54) is 48.0 Å². The molecule has 0 unspecified atom stereocenters. The number of aliphatic hydroxyl groups is 13. The van der Waals surface area contributed by atoms with Gasteiger partial charge in [0.2, 0.25) is 53.2 Å².